The molecule has 3 aromatic rings. The van der Waals surface area contributed by atoms with E-state index in [0.29, 0.717) is 11.4 Å². The second-order valence-corrected chi connectivity index (χ2v) is 9.38. The van der Waals surface area contributed by atoms with Gasteiger partial charge in [-0.15, -0.1) is 0 Å². The summed E-state index contributed by atoms with van der Waals surface area (Å²) in [5, 5.41) is 7.84. The summed E-state index contributed by atoms with van der Waals surface area (Å²) in [4.78, 5) is 9.06. The van der Waals surface area contributed by atoms with Gasteiger partial charge in [0.05, 0.1) is 11.7 Å². The molecule has 1 saturated carbocycles. The monoisotopic (exact) mass is 395 g/mol. The van der Waals surface area contributed by atoms with Crippen LogP contribution < -0.4 is 4.72 Å². The van der Waals surface area contributed by atoms with Crippen LogP contribution >= 0.6 is 0 Å². The Balaban J connectivity index is 1.40. The maximum atomic E-state index is 13.1. The molecule has 2 aromatic heterocycles. The summed E-state index contributed by atoms with van der Waals surface area (Å²) in [6.07, 6.45) is 7.91. The fraction of sp³-hybridized carbons (Fsp3) is 0.350. The smallest absolute Gasteiger partial charge is 0.242 e. The maximum Gasteiger partial charge on any atom is 0.242 e. The highest BCUT2D eigenvalue weighted by atomic mass is 32.2. The first-order valence-corrected chi connectivity index (χ1v) is 10.9. The van der Waals surface area contributed by atoms with Gasteiger partial charge in [-0.3, -0.25) is 10.1 Å². The molecule has 1 aromatic carbocycles. The van der Waals surface area contributed by atoms with Crippen LogP contribution in [-0.2, 0) is 10.0 Å². The van der Waals surface area contributed by atoms with Crippen LogP contribution in [-0.4, -0.2) is 35.9 Å². The number of para-hydroxylation sites is 1. The zero-order chi connectivity index (χ0) is 19.3. The summed E-state index contributed by atoms with van der Waals surface area (Å²) in [5.41, 5.74) is 2.66. The number of aromatic nitrogens is 3. The number of benzene rings is 1. The van der Waals surface area contributed by atoms with E-state index in [1.807, 2.05) is 31.5 Å². The van der Waals surface area contributed by atoms with Crippen molar-refractivity contribution in [3.8, 4) is 0 Å². The third-order valence-corrected chi connectivity index (χ3v) is 7.32. The van der Waals surface area contributed by atoms with Gasteiger partial charge in [0, 0.05) is 35.3 Å². The van der Waals surface area contributed by atoms with E-state index in [0.717, 1.165) is 41.6 Å². The number of hydrogen-bond donors (Lipinski definition) is 2. The van der Waals surface area contributed by atoms with Crippen molar-refractivity contribution in [2.75, 3.05) is 0 Å². The van der Waals surface area contributed by atoms with Gasteiger partial charge in [0.15, 0.2) is 5.82 Å². The van der Waals surface area contributed by atoms with E-state index in [9.17, 15) is 8.42 Å². The molecule has 144 valence electrons. The quantitative estimate of drug-likeness (QED) is 0.711. The van der Waals surface area contributed by atoms with Crippen molar-refractivity contribution in [3.05, 3.63) is 47.8 Å². The average molecular weight is 395 g/mol. The number of H-pyrrole nitrogens is 1. The molecule has 3 unspecified atom stereocenters. The number of aliphatic imine (C=N–C) groups is 1. The minimum Gasteiger partial charge on any atom is -0.261 e. The highest BCUT2D eigenvalue weighted by Gasteiger charge is 2.36. The number of hydrogen-bond acceptors (Lipinski definition) is 5. The first-order chi connectivity index (χ1) is 13.5. The van der Waals surface area contributed by atoms with E-state index < -0.39 is 10.0 Å². The predicted octanol–water partition coefficient (Wildman–Crippen LogP) is 3.21. The van der Waals surface area contributed by atoms with Gasteiger partial charge < -0.3 is 0 Å². The van der Waals surface area contributed by atoms with Crippen LogP contribution in [0.2, 0.25) is 0 Å². The van der Waals surface area contributed by atoms with Gasteiger partial charge in [-0.05, 0) is 49.8 Å². The molecular weight excluding hydrogens is 374 g/mol. The minimum atomic E-state index is -3.66. The van der Waals surface area contributed by atoms with Crippen LogP contribution in [0.25, 0.3) is 10.9 Å². The molecule has 1 fully saturated rings. The number of aromatic amines is 1. The van der Waals surface area contributed by atoms with Crippen molar-refractivity contribution in [2.24, 2.45) is 10.9 Å². The zero-order valence-corrected chi connectivity index (χ0v) is 16.3. The van der Waals surface area contributed by atoms with Gasteiger partial charge in [-0.25, -0.2) is 18.1 Å². The largest absolute Gasteiger partial charge is 0.261 e. The van der Waals surface area contributed by atoms with Crippen LogP contribution in [0.5, 0.6) is 0 Å². The van der Waals surface area contributed by atoms with Crippen LogP contribution in [0.4, 0.5) is 5.82 Å². The Morgan fingerprint density at radius 3 is 3.00 bits per heavy atom. The predicted molar refractivity (Wildman–Crippen MR) is 107 cm³/mol. The zero-order valence-electron chi connectivity index (χ0n) is 15.5. The number of rotatable bonds is 3. The lowest BCUT2D eigenvalue weighted by Crippen LogP contribution is -2.41. The molecular formula is C20H21N5O2S. The molecule has 2 N–H and O–H groups in total. The van der Waals surface area contributed by atoms with E-state index in [-0.39, 0.29) is 16.9 Å². The standard InChI is InChI=1S/C20H21N5O2S/c1-12-7-13-3-2-4-18(19(13)21-9-12)28(26,27)25-15-5-6-16-14(8-15)10-22-20-17(16)11-23-24-20/h2-4,7,9-11,14-16,25H,5-6,8H2,1H3,(H,23,24). The lowest BCUT2D eigenvalue weighted by Gasteiger charge is -2.35. The van der Waals surface area contributed by atoms with E-state index in [2.05, 4.69) is 24.9 Å². The Hall–Kier alpha value is -2.58. The first kappa shape index (κ1) is 17.5. The lowest BCUT2D eigenvalue weighted by atomic mass is 9.74. The molecule has 1 aliphatic heterocycles. The Bertz CT molecular complexity index is 1180. The molecule has 0 spiro atoms. The lowest BCUT2D eigenvalue weighted by molar-refractivity contribution is 0.327. The molecule has 5 rings (SSSR count). The number of fused-ring (bicyclic) bond motifs is 4. The normalized spacial score (nSPS) is 24.1. The fourth-order valence-corrected chi connectivity index (χ4v) is 5.90. The second kappa shape index (κ2) is 6.49. The van der Waals surface area contributed by atoms with Crippen molar-refractivity contribution in [3.63, 3.8) is 0 Å². The number of sulfonamides is 1. The number of aryl methyl sites for hydroxylation is 1. The van der Waals surface area contributed by atoms with Gasteiger partial charge in [0.1, 0.15) is 4.90 Å². The molecule has 0 radical (unpaired) electrons. The van der Waals surface area contributed by atoms with Crippen molar-refractivity contribution in [1.29, 1.82) is 0 Å². The summed E-state index contributed by atoms with van der Waals surface area (Å²) < 4.78 is 29.1. The van der Waals surface area contributed by atoms with Crippen LogP contribution in [0.1, 0.15) is 36.3 Å². The summed E-state index contributed by atoms with van der Waals surface area (Å²) in [7, 11) is -3.66. The van der Waals surface area contributed by atoms with E-state index >= 15 is 0 Å². The molecule has 3 heterocycles. The van der Waals surface area contributed by atoms with Gasteiger partial charge in [0.25, 0.3) is 0 Å². The van der Waals surface area contributed by atoms with Crippen LogP contribution in [0.15, 0.2) is 46.5 Å². The molecule has 7 nitrogen and oxygen atoms in total. The second-order valence-electron chi connectivity index (χ2n) is 7.69. The van der Waals surface area contributed by atoms with Crippen molar-refractivity contribution in [2.45, 2.75) is 43.0 Å². The molecule has 1 aliphatic carbocycles. The van der Waals surface area contributed by atoms with E-state index in [1.54, 1.807) is 18.3 Å². The summed E-state index contributed by atoms with van der Waals surface area (Å²) in [5.74, 6) is 1.41. The third kappa shape index (κ3) is 2.93. The fourth-order valence-electron chi connectivity index (χ4n) is 4.44. The minimum absolute atomic E-state index is 0.119. The Morgan fingerprint density at radius 1 is 1.21 bits per heavy atom. The van der Waals surface area contributed by atoms with E-state index in [1.165, 1.54) is 0 Å². The molecule has 8 heteroatoms. The SMILES string of the molecule is Cc1cnc2c(S(=O)(=O)NC3CCC4c5cn[nH]c5N=CC4C3)cccc2c1. The number of nitrogens with one attached hydrogen (secondary N) is 2. The number of nitrogens with zero attached hydrogens (tertiary/aromatic N) is 3. The van der Waals surface area contributed by atoms with Crippen molar-refractivity contribution in [1.82, 2.24) is 19.9 Å². The molecule has 0 amide bonds. The van der Waals surface area contributed by atoms with Crippen molar-refractivity contribution < 1.29 is 8.42 Å². The van der Waals surface area contributed by atoms with Crippen LogP contribution in [0, 0.1) is 12.8 Å². The topological polar surface area (TPSA) is 100 Å². The molecule has 0 saturated heterocycles. The molecule has 3 atom stereocenters. The van der Waals surface area contributed by atoms with Gasteiger partial charge in [-0.1, -0.05) is 12.1 Å². The first-order valence-electron chi connectivity index (χ1n) is 9.46. The Labute approximate surface area is 163 Å². The highest BCUT2D eigenvalue weighted by Crippen LogP contribution is 2.43. The average Bonchev–Trinajstić information content (AvgIpc) is 3.16. The van der Waals surface area contributed by atoms with Gasteiger partial charge in [0.2, 0.25) is 10.0 Å². The number of pyridine rings is 1. The molecule has 0 bridgehead atoms. The van der Waals surface area contributed by atoms with E-state index in [4.69, 9.17) is 0 Å². The Morgan fingerprint density at radius 2 is 2.11 bits per heavy atom. The van der Waals surface area contributed by atoms with Crippen molar-refractivity contribution >= 4 is 33.0 Å². The Kier molecular flexibility index (Phi) is 4.06. The maximum absolute atomic E-state index is 13.1. The van der Waals surface area contributed by atoms with Crippen LogP contribution in [0.3, 0.4) is 0 Å². The summed E-state index contributed by atoms with van der Waals surface area (Å²) in [6, 6.07) is 7.11. The third-order valence-electron chi connectivity index (χ3n) is 5.76. The summed E-state index contributed by atoms with van der Waals surface area (Å²) >= 11 is 0. The molecule has 28 heavy (non-hydrogen) atoms. The summed E-state index contributed by atoms with van der Waals surface area (Å²) in [6.45, 7) is 1.95. The van der Waals surface area contributed by atoms with Gasteiger partial charge in [-0.2, -0.15) is 5.10 Å². The molecule has 2 aliphatic rings. The van der Waals surface area contributed by atoms with Gasteiger partial charge >= 0.3 is 0 Å². The highest BCUT2D eigenvalue weighted by molar-refractivity contribution is 7.89.